The lowest BCUT2D eigenvalue weighted by molar-refractivity contribution is -0.122. The van der Waals surface area contributed by atoms with Crippen LogP contribution in [0.2, 0.25) is 0 Å². The summed E-state index contributed by atoms with van der Waals surface area (Å²) in [5.74, 6) is 1.02. The van der Waals surface area contributed by atoms with Gasteiger partial charge in [0, 0.05) is 35.2 Å². The fourth-order valence-corrected chi connectivity index (χ4v) is 2.81. The van der Waals surface area contributed by atoms with Gasteiger partial charge in [-0.3, -0.25) is 15.1 Å². The van der Waals surface area contributed by atoms with Crippen LogP contribution in [0.15, 0.2) is 59.7 Å². The highest BCUT2D eigenvalue weighted by Crippen LogP contribution is 2.18. The fourth-order valence-electron chi connectivity index (χ4n) is 2.81. The number of carbonyl (C=O) groups excluding carboxylic acids is 1. The molecule has 1 aromatic heterocycles. The van der Waals surface area contributed by atoms with Crippen LogP contribution in [0, 0.1) is 5.92 Å². The monoisotopic (exact) mass is 378 g/mol. The molecule has 3 N–H and O–H groups in total. The lowest BCUT2D eigenvalue weighted by atomic mass is 10.1. The zero-order valence-corrected chi connectivity index (χ0v) is 16.5. The van der Waals surface area contributed by atoms with E-state index in [1.165, 1.54) is 10.9 Å². The summed E-state index contributed by atoms with van der Waals surface area (Å²) in [6, 6.07) is 15.7. The lowest BCUT2D eigenvalue weighted by Crippen LogP contribution is -2.38. The number of aromatic amines is 1. The van der Waals surface area contributed by atoms with Gasteiger partial charge in [-0.1, -0.05) is 32.0 Å². The maximum absolute atomic E-state index is 12.2. The molecule has 2 aromatic carbocycles. The van der Waals surface area contributed by atoms with Crippen LogP contribution < -0.4 is 15.4 Å². The molecule has 0 aliphatic carbocycles. The number of hydrogen-bond donors (Lipinski definition) is 3. The Hall–Kier alpha value is -3.28. The van der Waals surface area contributed by atoms with Crippen molar-refractivity contribution in [1.82, 2.24) is 10.3 Å². The van der Waals surface area contributed by atoms with E-state index in [4.69, 9.17) is 4.74 Å². The Balaban J connectivity index is 1.72. The molecular weight excluding hydrogens is 352 g/mol. The van der Waals surface area contributed by atoms with Gasteiger partial charge < -0.3 is 15.0 Å². The topological polar surface area (TPSA) is 78.5 Å². The van der Waals surface area contributed by atoms with Gasteiger partial charge in [0.1, 0.15) is 5.75 Å². The summed E-state index contributed by atoms with van der Waals surface area (Å²) < 4.78 is 5.18. The number of guanidine groups is 1. The number of aliphatic imine (C=N–C) groups is 1. The van der Waals surface area contributed by atoms with E-state index in [1.807, 2.05) is 56.4 Å². The molecule has 28 heavy (non-hydrogen) atoms. The second kappa shape index (κ2) is 9.08. The third kappa shape index (κ3) is 4.91. The number of methoxy groups -OCH3 is 1. The highest BCUT2D eigenvalue weighted by molar-refractivity contribution is 6.04. The first-order valence-electron chi connectivity index (χ1n) is 9.38. The third-order valence-electron chi connectivity index (χ3n) is 4.44. The van der Waals surface area contributed by atoms with Gasteiger partial charge in [0.05, 0.1) is 7.11 Å². The first-order chi connectivity index (χ1) is 13.6. The minimum absolute atomic E-state index is 0.0770. The van der Waals surface area contributed by atoms with E-state index in [1.54, 1.807) is 7.11 Å². The molecule has 6 heteroatoms. The van der Waals surface area contributed by atoms with Crippen LogP contribution in [0.3, 0.4) is 0 Å². The van der Waals surface area contributed by atoms with Gasteiger partial charge >= 0.3 is 0 Å². The normalized spacial score (nSPS) is 11.6. The first kappa shape index (κ1) is 19.5. The molecule has 0 radical (unpaired) electrons. The van der Waals surface area contributed by atoms with Crippen LogP contribution >= 0.6 is 0 Å². The number of ether oxygens (including phenoxy) is 1. The Kier molecular flexibility index (Phi) is 6.32. The van der Waals surface area contributed by atoms with Crippen molar-refractivity contribution in [3.8, 4) is 5.75 Å². The number of nitrogens with zero attached hydrogens (tertiary/aromatic N) is 1. The highest BCUT2D eigenvalue weighted by Gasteiger charge is 2.11. The predicted molar refractivity (Wildman–Crippen MR) is 114 cm³/mol. The predicted octanol–water partition coefficient (Wildman–Crippen LogP) is 3.96. The Morgan fingerprint density at radius 3 is 2.61 bits per heavy atom. The van der Waals surface area contributed by atoms with Gasteiger partial charge in [-0.05, 0) is 42.3 Å². The molecule has 0 fully saturated rings. The highest BCUT2D eigenvalue weighted by atomic mass is 16.5. The smallest absolute Gasteiger partial charge is 0.229 e. The summed E-state index contributed by atoms with van der Waals surface area (Å²) in [7, 11) is 1.63. The van der Waals surface area contributed by atoms with Gasteiger partial charge in [-0.15, -0.1) is 0 Å². The number of H-pyrrole nitrogens is 1. The Morgan fingerprint density at radius 1 is 1.14 bits per heavy atom. The van der Waals surface area contributed by atoms with Crippen molar-refractivity contribution in [1.29, 1.82) is 0 Å². The molecule has 0 bridgehead atoms. The van der Waals surface area contributed by atoms with E-state index in [0.29, 0.717) is 12.5 Å². The van der Waals surface area contributed by atoms with Crippen molar-refractivity contribution in [3.63, 3.8) is 0 Å². The minimum atomic E-state index is -0.128. The molecule has 3 rings (SSSR count). The molecule has 0 aliphatic rings. The molecule has 0 unspecified atom stereocenters. The van der Waals surface area contributed by atoms with Crippen LogP contribution in [0.4, 0.5) is 5.69 Å². The zero-order chi connectivity index (χ0) is 19.9. The van der Waals surface area contributed by atoms with Gasteiger partial charge in [0.25, 0.3) is 0 Å². The number of aromatic nitrogens is 1. The van der Waals surface area contributed by atoms with Crippen molar-refractivity contribution in [2.75, 3.05) is 19.0 Å². The summed E-state index contributed by atoms with van der Waals surface area (Å²) in [5, 5.41) is 7.26. The molecule has 6 nitrogen and oxygen atoms in total. The molecule has 0 saturated carbocycles. The number of anilines is 1. The Morgan fingerprint density at radius 2 is 1.89 bits per heavy atom. The standard InChI is InChI=1S/C22H26N4O2/c1-15(2)21(27)26-22(25-17-8-10-18(28-3)11-9-17)23-13-12-16-14-24-20-7-5-4-6-19(16)20/h4-11,14-15,24H,12-13H2,1-3H3,(H2,23,25,26,27). The second-order valence-corrected chi connectivity index (χ2v) is 6.84. The zero-order valence-electron chi connectivity index (χ0n) is 16.5. The third-order valence-corrected chi connectivity index (χ3v) is 4.44. The fraction of sp³-hybridized carbons (Fsp3) is 0.273. The molecule has 3 aromatic rings. The number of hydrogen-bond acceptors (Lipinski definition) is 3. The quantitative estimate of drug-likeness (QED) is 0.449. The number of para-hydroxylation sites is 1. The summed E-state index contributed by atoms with van der Waals surface area (Å²) in [5.41, 5.74) is 3.15. The number of rotatable bonds is 6. The van der Waals surface area contributed by atoms with Crippen LogP contribution in [0.1, 0.15) is 19.4 Å². The van der Waals surface area contributed by atoms with Crippen LogP contribution in [-0.2, 0) is 11.2 Å². The van der Waals surface area contributed by atoms with Crippen molar-refractivity contribution >= 4 is 28.5 Å². The van der Waals surface area contributed by atoms with E-state index >= 15 is 0 Å². The lowest BCUT2D eigenvalue weighted by Gasteiger charge is -2.13. The molecular formula is C22H26N4O2. The van der Waals surface area contributed by atoms with Gasteiger partial charge in [-0.2, -0.15) is 0 Å². The van der Waals surface area contributed by atoms with E-state index in [2.05, 4.69) is 32.7 Å². The maximum atomic E-state index is 12.2. The summed E-state index contributed by atoms with van der Waals surface area (Å²) in [4.78, 5) is 20.0. The SMILES string of the molecule is COc1ccc(NC(=NCCc2c[nH]c3ccccc23)NC(=O)C(C)C)cc1. The Bertz CT molecular complexity index is 958. The van der Waals surface area contributed by atoms with Gasteiger partial charge in [0.2, 0.25) is 11.9 Å². The number of amides is 1. The van der Waals surface area contributed by atoms with Crippen molar-refractivity contribution in [3.05, 3.63) is 60.3 Å². The van der Waals surface area contributed by atoms with Crippen LogP contribution in [0.5, 0.6) is 5.75 Å². The van der Waals surface area contributed by atoms with Crippen molar-refractivity contribution < 1.29 is 9.53 Å². The molecule has 0 saturated heterocycles. The molecule has 1 amide bonds. The molecule has 0 atom stereocenters. The second-order valence-electron chi connectivity index (χ2n) is 6.84. The van der Waals surface area contributed by atoms with E-state index < -0.39 is 0 Å². The maximum Gasteiger partial charge on any atom is 0.229 e. The summed E-state index contributed by atoms with van der Waals surface area (Å²) >= 11 is 0. The summed E-state index contributed by atoms with van der Waals surface area (Å²) in [6.45, 7) is 4.26. The number of nitrogens with one attached hydrogen (secondary N) is 3. The van der Waals surface area contributed by atoms with Gasteiger partial charge in [0.15, 0.2) is 0 Å². The largest absolute Gasteiger partial charge is 0.497 e. The molecule has 1 heterocycles. The van der Waals surface area contributed by atoms with E-state index in [-0.39, 0.29) is 11.8 Å². The molecule has 0 aliphatic heterocycles. The van der Waals surface area contributed by atoms with Crippen LogP contribution in [0.25, 0.3) is 10.9 Å². The number of benzene rings is 2. The van der Waals surface area contributed by atoms with Crippen LogP contribution in [-0.4, -0.2) is 30.5 Å². The van der Waals surface area contributed by atoms with E-state index in [9.17, 15) is 4.79 Å². The number of fused-ring (bicyclic) bond motifs is 1. The minimum Gasteiger partial charge on any atom is -0.497 e. The van der Waals surface area contributed by atoms with Gasteiger partial charge in [-0.25, -0.2) is 0 Å². The van der Waals surface area contributed by atoms with Crippen molar-refractivity contribution in [2.24, 2.45) is 10.9 Å². The Labute approximate surface area is 165 Å². The summed E-state index contributed by atoms with van der Waals surface area (Å²) in [6.07, 6.45) is 2.79. The molecule has 0 spiro atoms. The average Bonchev–Trinajstić information content (AvgIpc) is 3.11. The average molecular weight is 378 g/mol. The molecule has 146 valence electrons. The number of carbonyl (C=O) groups is 1. The van der Waals surface area contributed by atoms with E-state index in [0.717, 1.165) is 23.4 Å². The van der Waals surface area contributed by atoms with Crippen molar-refractivity contribution in [2.45, 2.75) is 20.3 Å². The first-order valence-corrected chi connectivity index (χ1v) is 9.38.